The van der Waals surface area contributed by atoms with Crippen molar-refractivity contribution in [3.05, 3.63) is 0 Å². The van der Waals surface area contributed by atoms with Crippen LogP contribution in [0.4, 0.5) is 11.9 Å². The van der Waals surface area contributed by atoms with Crippen LogP contribution in [0.2, 0.25) is 0 Å². The average molecular weight is 253 g/mol. The van der Waals surface area contributed by atoms with E-state index in [1.807, 2.05) is 6.92 Å². The molecule has 2 rings (SSSR count). The highest BCUT2D eigenvalue weighted by atomic mass is 16.5. The van der Waals surface area contributed by atoms with Gasteiger partial charge in [0, 0.05) is 19.1 Å². The lowest BCUT2D eigenvalue weighted by molar-refractivity contribution is 0.108. The Labute approximate surface area is 106 Å². The van der Waals surface area contributed by atoms with Crippen molar-refractivity contribution in [2.45, 2.75) is 26.4 Å². The molecule has 1 fully saturated rings. The van der Waals surface area contributed by atoms with Crippen LogP contribution < -0.4 is 15.8 Å². The highest BCUT2D eigenvalue weighted by Crippen LogP contribution is 2.20. The van der Waals surface area contributed by atoms with E-state index in [4.69, 9.17) is 15.2 Å². The van der Waals surface area contributed by atoms with Gasteiger partial charge in [0.25, 0.3) is 0 Å². The SMILES string of the molecule is CCOc1nc(N)nc(NCC2CCOC2C)n1. The molecule has 0 bridgehead atoms. The number of hydrogen-bond donors (Lipinski definition) is 2. The second-order valence-corrected chi connectivity index (χ2v) is 4.24. The molecule has 0 saturated carbocycles. The van der Waals surface area contributed by atoms with Crippen LogP contribution in [-0.2, 0) is 4.74 Å². The van der Waals surface area contributed by atoms with Crippen LogP contribution in [0.15, 0.2) is 0 Å². The fraction of sp³-hybridized carbons (Fsp3) is 0.727. The van der Waals surface area contributed by atoms with E-state index in [1.165, 1.54) is 0 Å². The average Bonchev–Trinajstić information content (AvgIpc) is 2.72. The minimum absolute atomic E-state index is 0.159. The molecule has 1 saturated heterocycles. The largest absolute Gasteiger partial charge is 0.464 e. The lowest BCUT2D eigenvalue weighted by Crippen LogP contribution is -2.22. The van der Waals surface area contributed by atoms with E-state index >= 15 is 0 Å². The topological polar surface area (TPSA) is 95.2 Å². The number of nitrogen functional groups attached to an aromatic ring is 1. The number of ether oxygens (including phenoxy) is 2. The summed E-state index contributed by atoms with van der Waals surface area (Å²) in [7, 11) is 0. The predicted molar refractivity (Wildman–Crippen MR) is 67.4 cm³/mol. The first kappa shape index (κ1) is 12.8. The van der Waals surface area contributed by atoms with E-state index in [9.17, 15) is 0 Å². The first-order valence-electron chi connectivity index (χ1n) is 6.19. The molecule has 18 heavy (non-hydrogen) atoms. The lowest BCUT2D eigenvalue weighted by Gasteiger charge is -2.14. The zero-order chi connectivity index (χ0) is 13.0. The summed E-state index contributed by atoms with van der Waals surface area (Å²) in [5.74, 6) is 1.08. The Kier molecular flexibility index (Phi) is 4.14. The van der Waals surface area contributed by atoms with Crippen molar-refractivity contribution in [1.29, 1.82) is 0 Å². The van der Waals surface area contributed by atoms with Crippen LogP contribution in [0.25, 0.3) is 0 Å². The van der Waals surface area contributed by atoms with Gasteiger partial charge in [-0.05, 0) is 20.3 Å². The highest BCUT2D eigenvalue weighted by Gasteiger charge is 2.24. The van der Waals surface area contributed by atoms with Crippen molar-refractivity contribution in [2.75, 3.05) is 30.8 Å². The molecule has 1 aromatic rings. The minimum atomic E-state index is 0.159. The Morgan fingerprint density at radius 1 is 1.44 bits per heavy atom. The van der Waals surface area contributed by atoms with Crippen molar-refractivity contribution in [1.82, 2.24) is 15.0 Å². The van der Waals surface area contributed by atoms with Crippen molar-refractivity contribution >= 4 is 11.9 Å². The molecule has 2 atom stereocenters. The van der Waals surface area contributed by atoms with Crippen LogP contribution >= 0.6 is 0 Å². The summed E-state index contributed by atoms with van der Waals surface area (Å²) < 4.78 is 10.7. The molecule has 0 aromatic carbocycles. The summed E-state index contributed by atoms with van der Waals surface area (Å²) in [6.07, 6.45) is 1.32. The second kappa shape index (κ2) is 5.81. The summed E-state index contributed by atoms with van der Waals surface area (Å²) in [5.41, 5.74) is 5.59. The van der Waals surface area contributed by atoms with Crippen molar-refractivity contribution in [3.63, 3.8) is 0 Å². The van der Waals surface area contributed by atoms with Gasteiger partial charge >= 0.3 is 6.01 Å². The van der Waals surface area contributed by atoms with Crippen LogP contribution in [0.1, 0.15) is 20.3 Å². The zero-order valence-corrected chi connectivity index (χ0v) is 10.7. The molecule has 0 aliphatic carbocycles. The molecule has 2 heterocycles. The number of nitrogens with zero attached hydrogens (tertiary/aromatic N) is 3. The quantitative estimate of drug-likeness (QED) is 0.797. The van der Waals surface area contributed by atoms with E-state index in [1.54, 1.807) is 0 Å². The van der Waals surface area contributed by atoms with Crippen molar-refractivity contribution in [3.8, 4) is 6.01 Å². The minimum Gasteiger partial charge on any atom is -0.464 e. The van der Waals surface area contributed by atoms with E-state index in [2.05, 4.69) is 27.2 Å². The molecule has 1 aromatic heterocycles. The maximum Gasteiger partial charge on any atom is 0.323 e. The molecule has 7 heteroatoms. The maximum atomic E-state index is 5.59. The summed E-state index contributed by atoms with van der Waals surface area (Å²) in [6.45, 7) is 6.01. The highest BCUT2D eigenvalue weighted by molar-refractivity contribution is 5.32. The van der Waals surface area contributed by atoms with E-state index in [-0.39, 0.29) is 18.1 Å². The Bertz CT molecular complexity index is 401. The number of aromatic nitrogens is 3. The van der Waals surface area contributed by atoms with Gasteiger partial charge < -0.3 is 20.5 Å². The Balaban J connectivity index is 1.95. The number of anilines is 2. The van der Waals surface area contributed by atoms with Crippen LogP contribution in [-0.4, -0.2) is 40.8 Å². The van der Waals surface area contributed by atoms with Gasteiger partial charge in [0.05, 0.1) is 12.7 Å². The number of nitrogens with two attached hydrogens (primary N) is 1. The monoisotopic (exact) mass is 253 g/mol. The maximum absolute atomic E-state index is 5.59. The molecule has 100 valence electrons. The van der Waals surface area contributed by atoms with Gasteiger partial charge in [0.1, 0.15) is 0 Å². The summed E-state index contributed by atoms with van der Waals surface area (Å²) in [4.78, 5) is 12.0. The third-order valence-corrected chi connectivity index (χ3v) is 2.96. The van der Waals surface area contributed by atoms with Gasteiger partial charge in [-0.15, -0.1) is 0 Å². The van der Waals surface area contributed by atoms with Gasteiger partial charge in [-0.25, -0.2) is 0 Å². The third kappa shape index (κ3) is 3.19. The van der Waals surface area contributed by atoms with Gasteiger partial charge in [0.2, 0.25) is 11.9 Å². The normalized spacial score (nSPS) is 23.0. The molecule has 2 unspecified atom stereocenters. The molecule has 0 radical (unpaired) electrons. The van der Waals surface area contributed by atoms with Crippen LogP contribution in [0.3, 0.4) is 0 Å². The number of nitrogens with one attached hydrogen (secondary N) is 1. The van der Waals surface area contributed by atoms with Crippen molar-refractivity contribution in [2.24, 2.45) is 5.92 Å². The zero-order valence-electron chi connectivity index (χ0n) is 10.7. The number of hydrogen-bond acceptors (Lipinski definition) is 7. The molecule has 0 spiro atoms. The first-order chi connectivity index (χ1) is 8.69. The van der Waals surface area contributed by atoms with E-state index < -0.39 is 0 Å². The Morgan fingerprint density at radius 2 is 2.28 bits per heavy atom. The predicted octanol–water partition coefficient (Wildman–Crippen LogP) is 0.689. The molecule has 3 N–H and O–H groups in total. The fourth-order valence-corrected chi connectivity index (χ4v) is 1.91. The molecular formula is C11H19N5O2. The van der Waals surface area contributed by atoms with Gasteiger partial charge in [-0.1, -0.05) is 0 Å². The van der Waals surface area contributed by atoms with Crippen LogP contribution in [0, 0.1) is 5.92 Å². The van der Waals surface area contributed by atoms with E-state index in [0.29, 0.717) is 18.5 Å². The standard InChI is InChI=1S/C11H19N5O2/c1-3-17-11-15-9(12)14-10(16-11)13-6-8-4-5-18-7(8)2/h7-8H,3-6H2,1-2H3,(H3,12,13,14,15,16). The summed E-state index contributed by atoms with van der Waals surface area (Å²) in [5, 5.41) is 3.15. The van der Waals surface area contributed by atoms with Gasteiger partial charge in [0.15, 0.2) is 0 Å². The van der Waals surface area contributed by atoms with Gasteiger partial charge in [-0.2, -0.15) is 15.0 Å². The molecule has 7 nitrogen and oxygen atoms in total. The molecule has 1 aliphatic rings. The smallest absolute Gasteiger partial charge is 0.323 e. The second-order valence-electron chi connectivity index (χ2n) is 4.24. The summed E-state index contributed by atoms with van der Waals surface area (Å²) >= 11 is 0. The van der Waals surface area contributed by atoms with Crippen molar-refractivity contribution < 1.29 is 9.47 Å². The third-order valence-electron chi connectivity index (χ3n) is 2.96. The Hall–Kier alpha value is -1.63. The lowest BCUT2D eigenvalue weighted by atomic mass is 10.0. The van der Waals surface area contributed by atoms with Crippen LogP contribution in [0.5, 0.6) is 6.01 Å². The molecular weight excluding hydrogens is 234 g/mol. The Morgan fingerprint density at radius 3 is 2.94 bits per heavy atom. The molecule has 0 amide bonds. The van der Waals surface area contributed by atoms with Gasteiger partial charge in [-0.3, -0.25) is 0 Å². The fourth-order valence-electron chi connectivity index (χ4n) is 1.91. The number of rotatable bonds is 5. The molecule has 1 aliphatic heterocycles. The first-order valence-corrected chi connectivity index (χ1v) is 6.19. The summed E-state index contributed by atoms with van der Waals surface area (Å²) in [6, 6.07) is 0.253. The van der Waals surface area contributed by atoms with E-state index in [0.717, 1.165) is 19.6 Å².